The van der Waals surface area contributed by atoms with Crippen molar-refractivity contribution in [2.75, 3.05) is 26.8 Å². The number of hydrogen-bond donors (Lipinski definition) is 1. The smallest absolute Gasteiger partial charge is 0.0897 e. The number of thiazole rings is 1. The molecule has 3 nitrogen and oxygen atoms in total. The summed E-state index contributed by atoms with van der Waals surface area (Å²) in [5.41, 5.74) is 1.62. The molecule has 1 aromatic rings. The second kappa shape index (κ2) is 6.13. The number of ether oxygens (including phenoxy) is 1. The first-order chi connectivity index (χ1) is 8.64. The molecule has 1 N–H and O–H groups in total. The van der Waals surface area contributed by atoms with Crippen molar-refractivity contribution >= 4 is 11.3 Å². The second-order valence-electron chi connectivity index (χ2n) is 5.63. The highest BCUT2D eigenvalue weighted by Gasteiger charge is 2.41. The van der Waals surface area contributed by atoms with E-state index in [-0.39, 0.29) is 0 Å². The van der Waals surface area contributed by atoms with Gasteiger partial charge < -0.3 is 10.1 Å². The van der Waals surface area contributed by atoms with Crippen molar-refractivity contribution in [2.24, 2.45) is 11.3 Å². The van der Waals surface area contributed by atoms with Crippen LogP contribution in [0.3, 0.4) is 0 Å². The van der Waals surface area contributed by atoms with E-state index in [1.807, 2.05) is 0 Å². The highest BCUT2D eigenvalue weighted by Crippen LogP contribution is 2.47. The zero-order chi connectivity index (χ0) is 13.0. The molecule has 0 aliphatic heterocycles. The molecule has 4 heteroatoms. The van der Waals surface area contributed by atoms with Gasteiger partial charge in [0, 0.05) is 25.6 Å². The Kier molecular flexibility index (Phi) is 4.76. The Morgan fingerprint density at radius 2 is 2.33 bits per heavy atom. The molecule has 1 atom stereocenters. The molecule has 2 rings (SSSR count). The molecule has 1 fully saturated rings. The van der Waals surface area contributed by atoms with Crippen LogP contribution >= 0.6 is 11.3 Å². The molecule has 1 unspecified atom stereocenters. The normalized spacial score (nSPS) is 18.8. The molecule has 18 heavy (non-hydrogen) atoms. The van der Waals surface area contributed by atoms with E-state index in [1.165, 1.54) is 23.5 Å². The van der Waals surface area contributed by atoms with Crippen LogP contribution in [0.15, 0.2) is 5.38 Å². The van der Waals surface area contributed by atoms with E-state index < -0.39 is 0 Å². The third-order valence-corrected chi connectivity index (χ3v) is 4.65. The van der Waals surface area contributed by atoms with Gasteiger partial charge in [-0.1, -0.05) is 6.92 Å². The molecule has 102 valence electrons. The Morgan fingerprint density at radius 3 is 2.89 bits per heavy atom. The summed E-state index contributed by atoms with van der Waals surface area (Å²) in [5, 5.41) is 6.92. The first kappa shape index (κ1) is 14.0. The molecule has 1 heterocycles. The van der Waals surface area contributed by atoms with Gasteiger partial charge in [0.2, 0.25) is 0 Å². The van der Waals surface area contributed by atoms with Crippen molar-refractivity contribution in [3.8, 4) is 0 Å². The van der Waals surface area contributed by atoms with Crippen LogP contribution in [0.1, 0.15) is 30.5 Å². The van der Waals surface area contributed by atoms with Crippen LogP contribution in [0.4, 0.5) is 0 Å². The Morgan fingerprint density at radius 1 is 1.56 bits per heavy atom. The summed E-state index contributed by atoms with van der Waals surface area (Å²) < 4.78 is 5.08. The van der Waals surface area contributed by atoms with Crippen LogP contribution in [-0.2, 0) is 11.2 Å². The van der Waals surface area contributed by atoms with Crippen LogP contribution < -0.4 is 5.32 Å². The second-order valence-corrected chi connectivity index (χ2v) is 6.69. The van der Waals surface area contributed by atoms with Gasteiger partial charge in [-0.15, -0.1) is 11.3 Å². The maximum Gasteiger partial charge on any atom is 0.0897 e. The van der Waals surface area contributed by atoms with Gasteiger partial charge >= 0.3 is 0 Å². The van der Waals surface area contributed by atoms with Crippen molar-refractivity contribution in [1.82, 2.24) is 10.3 Å². The lowest BCUT2D eigenvalue weighted by Gasteiger charge is -2.29. The van der Waals surface area contributed by atoms with E-state index in [1.54, 1.807) is 18.4 Å². The Hall–Kier alpha value is -0.450. The minimum absolute atomic E-state index is 0.355. The summed E-state index contributed by atoms with van der Waals surface area (Å²) in [7, 11) is 1.75. The summed E-state index contributed by atoms with van der Waals surface area (Å²) >= 11 is 1.76. The van der Waals surface area contributed by atoms with Crippen LogP contribution in [0.25, 0.3) is 0 Å². The highest BCUT2D eigenvalue weighted by atomic mass is 32.1. The van der Waals surface area contributed by atoms with E-state index in [2.05, 4.69) is 29.5 Å². The third kappa shape index (κ3) is 3.77. The number of hydrogen-bond acceptors (Lipinski definition) is 4. The summed E-state index contributed by atoms with van der Waals surface area (Å²) in [6.07, 6.45) is 3.86. The van der Waals surface area contributed by atoms with Gasteiger partial charge in [0.15, 0.2) is 0 Å². The average molecular weight is 268 g/mol. The molecule has 0 spiro atoms. The van der Waals surface area contributed by atoms with Crippen LogP contribution in [0.2, 0.25) is 0 Å². The van der Waals surface area contributed by atoms with Gasteiger partial charge in [-0.25, -0.2) is 4.98 Å². The summed E-state index contributed by atoms with van der Waals surface area (Å²) in [4.78, 5) is 4.62. The van der Waals surface area contributed by atoms with E-state index in [4.69, 9.17) is 4.74 Å². The van der Waals surface area contributed by atoms with Gasteiger partial charge in [-0.3, -0.25) is 0 Å². The van der Waals surface area contributed by atoms with Crippen LogP contribution in [0.5, 0.6) is 0 Å². The summed E-state index contributed by atoms with van der Waals surface area (Å²) in [6.45, 7) is 7.28. The van der Waals surface area contributed by atoms with E-state index in [9.17, 15) is 0 Å². The number of aryl methyl sites for hydroxylation is 1. The molecule has 0 radical (unpaired) electrons. The SMILES string of the molecule is COCCNCC(C)(Cc1csc(C)n1)C1CC1. The lowest BCUT2D eigenvalue weighted by Crippen LogP contribution is -2.37. The van der Waals surface area contributed by atoms with E-state index in [0.29, 0.717) is 5.41 Å². The maximum atomic E-state index is 5.08. The van der Waals surface area contributed by atoms with Crippen molar-refractivity contribution in [3.63, 3.8) is 0 Å². The first-order valence-electron chi connectivity index (χ1n) is 6.75. The van der Waals surface area contributed by atoms with Gasteiger partial charge in [0.25, 0.3) is 0 Å². The lowest BCUT2D eigenvalue weighted by molar-refractivity contribution is 0.187. The van der Waals surface area contributed by atoms with Crippen molar-refractivity contribution in [3.05, 3.63) is 16.1 Å². The van der Waals surface area contributed by atoms with Gasteiger partial charge in [0.05, 0.1) is 17.3 Å². The fraction of sp³-hybridized carbons (Fsp3) is 0.786. The molecular weight excluding hydrogens is 244 g/mol. The minimum atomic E-state index is 0.355. The van der Waals surface area contributed by atoms with Crippen molar-refractivity contribution < 1.29 is 4.74 Å². The number of aromatic nitrogens is 1. The molecule has 0 aromatic carbocycles. The highest BCUT2D eigenvalue weighted by molar-refractivity contribution is 7.09. The Bertz CT molecular complexity index is 376. The summed E-state index contributed by atoms with van der Waals surface area (Å²) in [5.74, 6) is 0.870. The van der Waals surface area contributed by atoms with Gasteiger partial charge in [-0.2, -0.15) is 0 Å². The topological polar surface area (TPSA) is 34.1 Å². The van der Waals surface area contributed by atoms with Crippen LogP contribution in [-0.4, -0.2) is 31.8 Å². The molecule has 1 aliphatic rings. The van der Waals surface area contributed by atoms with Crippen LogP contribution in [0, 0.1) is 18.3 Å². The predicted molar refractivity (Wildman–Crippen MR) is 76.1 cm³/mol. The molecule has 1 aromatic heterocycles. The monoisotopic (exact) mass is 268 g/mol. The molecule has 0 saturated heterocycles. The fourth-order valence-corrected chi connectivity index (χ4v) is 3.20. The number of rotatable bonds is 8. The van der Waals surface area contributed by atoms with Gasteiger partial charge in [-0.05, 0) is 37.5 Å². The summed E-state index contributed by atoms with van der Waals surface area (Å²) in [6, 6.07) is 0. The quantitative estimate of drug-likeness (QED) is 0.736. The van der Waals surface area contributed by atoms with E-state index >= 15 is 0 Å². The molecular formula is C14H24N2OS. The number of nitrogens with one attached hydrogen (secondary N) is 1. The zero-order valence-corrected chi connectivity index (χ0v) is 12.5. The predicted octanol–water partition coefficient (Wildman–Crippen LogP) is 2.65. The maximum absolute atomic E-state index is 5.08. The standard InChI is InChI=1S/C14H24N2OS/c1-11-16-13(9-18-11)8-14(2,12-4-5-12)10-15-6-7-17-3/h9,12,15H,4-8,10H2,1-3H3. The number of methoxy groups -OCH3 is 1. The first-order valence-corrected chi connectivity index (χ1v) is 7.63. The lowest BCUT2D eigenvalue weighted by atomic mass is 9.80. The zero-order valence-electron chi connectivity index (χ0n) is 11.7. The number of nitrogens with zero attached hydrogens (tertiary/aromatic N) is 1. The van der Waals surface area contributed by atoms with Crippen molar-refractivity contribution in [2.45, 2.75) is 33.1 Å². The Labute approximate surface area is 114 Å². The van der Waals surface area contributed by atoms with Gasteiger partial charge in [0.1, 0.15) is 0 Å². The third-order valence-electron chi connectivity index (χ3n) is 3.83. The largest absolute Gasteiger partial charge is 0.383 e. The van der Waals surface area contributed by atoms with Crippen molar-refractivity contribution in [1.29, 1.82) is 0 Å². The average Bonchev–Trinajstić information content (AvgIpc) is 3.11. The molecule has 0 amide bonds. The van der Waals surface area contributed by atoms with E-state index in [0.717, 1.165) is 32.0 Å². The minimum Gasteiger partial charge on any atom is -0.383 e. The molecule has 0 bridgehead atoms. The Balaban J connectivity index is 1.89. The molecule has 1 aliphatic carbocycles. The molecule has 1 saturated carbocycles. The fourth-order valence-electron chi connectivity index (χ4n) is 2.58.